The zero-order valence-corrected chi connectivity index (χ0v) is 9.88. The first-order chi connectivity index (χ1) is 7.43. The monoisotopic (exact) mass is 242 g/mol. The maximum absolute atomic E-state index is 11.7. The number of carboxylic acid groups (broad SMARTS) is 1. The summed E-state index contributed by atoms with van der Waals surface area (Å²) >= 11 is 1.19. The summed E-state index contributed by atoms with van der Waals surface area (Å²) in [5.74, 6) is -1.66. The molecular weight excluding hydrogens is 228 g/mol. The second-order valence-corrected chi connectivity index (χ2v) is 4.65. The van der Waals surface area contributed by atoms with Crippen LogP contribution in [0.1, 0.15) is 23.5 Å². The number of nitrogen functional groups attached to an aromatic ring is 1. The summed E-state index contributed by atoms with van der Waals surface area (Å²) < 4.78 is 0. The molecule has 0 unspecified atom stereocenters. The van der Waals surface area contributed by atoms with E-state index >= 15 is 0 Å². The summed E-state index contributed by atoms with van der Waals surface area (Å²) in [6, 6.07) is 0.721. The van der Waals surface area contributed by atoms with E-state index in [9.17, 15) is 9.59 Å². The molecule has 1 atom stereocenters. The lowest BCUT2D eigenvalue weighted by Gasteiger charge is -2.17. The van der Waals surface area contributed by atoms with Crippen LogP contribution < -0.4 is 11.1 Å². The van der Waals surface area contributed by atoms with Gasteiger partial charge in [-0.3, -0.25) is 4.79 Å². The Kier molecular flexibility index (Phi) is 3.89. The lowest BCUT2D eigenvalue weighted by atomic mass is 10.0. The number of carbonyl (C=O) groups excluding carboxylic acids is 1. The van der Waals surface area contributed by atoms with Crippen molar-refractivity contribution in [1.82, 2.24) is 5.32 Å². The maximum Gasteiger partial charge on any atom is 0.326 e. The van der Waals surface area contributed by atoms with E-state index in [1.54, 1.807) is 25.3 Å². The van der Waals surface area contributed by atoms with Crippen LogP contribution in [0.2, 0.25) is 0 Å². The Morgan fingerprint density at radius 2 is 2.12 bits per heavy atom. The molecule has 1 rings (SSSR count). The molecule has 1 aromatic rings. The van der Waals surface area contributed by atoms with Crippen molar-refractivity contribution in [1.29, 1.82) is 0 Å². The van der Waals surface area contributed by atoms with Crippen LogP contribution in [0.15, 0.2) is 11.4 Å². The van der Waals surface area contributed by atoms with E-state index in [1.807, 2.05) is 0 Å². The number of carboxylic acids is 1. The third kappa shape index (κ3) is 2.73. The van der Waals surface area contributed by atoms with Gasteiger partial charge in [0.15, 0.2) is 0 Å². The standard InChI is InChI=1S/C10H14N2O3S/c1-5(2)7(10(14)15)12-9(13)8-6(11)3-4-16-8/h3-5,7H,11H2,1-2H3,(H,12,13)(H,14,15)/t7-/m0/s1. The Balaban J connectivity index is 2.77. The van der Waals surface area contributed by atoms with Crippen molar-refractivity contribution in [3.8, 4) is 0 Å². The fourth-order valence-electron chi connectivity index (χ4n) is 1.22. The highest BCUT2D eigenvalue weighted by molar-refractivity contribution is 7.12. The third-order valence-corrected chi connectivity index (χ3v) is 3.05. The zero-order chi connectivity index (χ0) is 12.3. The first-order valence-corrected chi connectivity index (χ1v) is 5.68. The van der Waals surface area contributed by atoms with Crippen LogP contribution in [-0.2, 0) is 4.79 Å². The second-order valence-electron chi connectivity index (χ2n) is 3.74. The average molecular weight is 242 g/mol. The molecule has 16 heavy (non-hydrogen) atoms. The van der Waals surface area contributed by atoms with Crippen molar-refractivity contribution < 1.29 is 14.7 Å². The highest BCUT2D eigenvalue weighted by Crippen LogP contribution is 2.19. The predicted octanol–water partition coefficient (Wildman–Crippen LogP) is 1.17. The number of thiophene rings is 1. The van der Waals surface area contributed by atoms with E-state index in [0.29, 0.717) is 10.6 Å². The molecule has 1 heterocycles. The van der Waals surface area contributed by atoms with Crippen LogP contribution in [0.4, 0.5) is 5.69 Å². The molecule has 0 radical (unpaired) electrons. The van der Waals surface area contributed by atoms with Crippen LogP contribution in [0.25, 0.3) is 0 Å². The van der Waals surface area contributed by atoms with E-state index in [-0.39, 0.29) is 5.92 Å². The van der Waals surface area contributed by atoms with Crippen molar-refractivity contribution in [2.75, 3.05) is 5.73 Å². The third-order valence-electron chi connectivity index (χ3n) is 2.12. The Morgan fingerprint density at radius 1 is 1.50 bits per heavy atom. The van der Waals surface area contributed by atoms with Crippen LogP contribution in [-0.4, -0.2) is 23.0 Å². The number of hydrogen-bond donors (Lipinski definition) is 3. The minimum absolute atomic E-state index is 0.178. The first-order valence-electron chi connectivity index (χ1n) is 4.80. The van der Waals surface area contributed by atoms with Crippen molar-refractivity contribution in [2.24, 2.45) is 5.92 Å². The van der Waals surface area contributed by atoms with Crippen LogP contribution in [0.3, 0.4) is 0 Å². The Bertz CT molecular complexity index is 401. The molecule has 88 valence electrons. The predicted molar refractivity (Wildman–Crippen MR) is 62.5 cm³/mol. The fourth-order valence-corrected chi connectivity index (χ4v) is 1.94. The summed E-state index contributed by atoms with van der Waals surface area (Å²) in [6.45, 7) is 3.47. The van der Waals surface area contributed by atoms with Crippen LogP contribution in [0, 0.1) is 5.92 Å². The van der Waals surface area contributed by atoms with Gasteiger partial charge in [-0.15, -0.1) is 11.3 Å². The highest BCUT2D eigenvalue weighted by atomic mass is 32.1. The molecule has 0 bridgehead atoms. The molecule has 5 nitrogen and oxygen atoms in total. The Labute approximate surface area is 97.3 Å². The number of aliphatic carboxylic acids is 1. The lowest BCUT2D eigenvalue weighted by Crippen LogP contribution is -2.44. The van der Waals surface area contributed by atoms with Gasteiger partial charge in [-0.1, -0.05) is 13.8 Å². The van der Waals surface area contributed by atoms with E-state index in [2.05, 4.69) is 5.32 Å². The first kappa shape index (κ1) is 12.5. The minimum Gasteiger partial charge on any atom is -0.480 e. The van der Waals surface area contributed by atoms with Gasteiger partial charge in [0.05, 0.1) is 5.69 Å². The molecule has 0 aliphatic heterocycles. The van der Waals surface area contributed by atoms with Gasteiger partial charge < -0.3 is 16.2 Å². The summed E-state index contributed by atoms with van der Waals surface area (Å²) in [7, 11) is 0. The molecule has 0 saturated carbocycles. The smallest absolute Gasteiger partial charge is 0.326 e. The van der Waals surface area contributed by atoms with Gasteiger partial charge in [0.25, 0.3) is 5.91 Å². The molecule has 1 amide bonds. The van der Waals surface area contributed by atoms with Gasteiger partial charge in [-0.2, -0.15) is 0 Å². The van der Waals surface area contributed by atoms with E-state index in [1.165, 1.54) is 11.3 Å². The molecule has 0 fully saturated rings. The molecule has 0 saturated heterocycles. The van der Waals surface area contributed by atoms with Gasteiger partial charge in [0, 0.05) is 0 Å². The van der Waals surface area contributed by atoms with Crippen molar-refractivity contribution >= 4 is 28.9 Å². The molecule has 0 aromatic carbocycles. The number of amides is 1. The van der Waals surface area contributed by atoms with Crippen molar-refractivity contribution in [3.05, 3.63) is 16.3 Å². The molecule has 0 aliphatic rings. The SMILES string of the molecule is CC(C)[C@H](NC(=O)c1sccc1N)C(=O)O. The Morgan fingerprint density at radius 3 is 2.50 bits per heavy atom. The summed E-state index contributed by atoms with van der Waals surface area (Å²) in [4.78, 5) is 22.9. The summed E-state index contributed by atoms with van der Waals surface area (Å²) in [5.41, 5.74) is 5.94. The number of nitrogens with two attached hydrogens (primary N) is 1. The van der Waals surface area contributed by atoms with E-state index in [4.69, 9.17) is 10.8 Å². The normalized spacial score (nSPS) is 12.4. The molecule has 4 N–H and O–H groups in total. The number of hydrogen-bond acceptors (Lipinski definition) is 4. The van der Waals surface area contributed by atoms with Crippen LogP contribution >= 0.6 is 11.3 Å². The molecular formula is C10H14N2O3S. The van der Waals surface area contributed by atoms with Crippen molar-refractivity contribution in [3.63, 3.8) is 0 Å². The van der Waals surface area contributed by atoms with Gasteiger partial charge in [0.2, 0.25) is 0 Å². The number of rotatable bonds is 4. The van der Waals surface area contributed by atoms with E-state index < -0.39 is 17.9 Å². The second kappa shape index (κ2) is 4.98. The zero-order valence-electron chi connectivity index (χ0n) is 9.06. The minimum atomic E-state index is -1.04. The number of carbonyl (C=O) groups is 2. The lowest BCUT2D eigenvalue weighted by molar-refractivity contribution is -0.140. The van der Waals surface area contributed by atoms with E-state index in [0.717, 1.165) is 0 Å². The van der Waals surface area contributed by atoms with Crippen molar-refractivity contribution in [2.45, 2.75) is 19.9 Å². The summed E-state index contributed by atoms with van der Waals surface area (Å²) in [5, 5.41) is 13.1. The Hall–Kier alpha value is -1.56. The van der Waals surface area contributed by atoms with Gasteiger partial charge >= 0.3 is 5.97 Å². The quantitative estimate of drug-likeness (QED) is 0.739. The molecule has 1 aromatic heterocycles. The fraction of sp³-hybridized carbons (Fsp3) is 0.400. The maximum atomic E-state index is 11.7. The molecule has 0 aliphatic carbocycles. The average Bonchev–Trinajstić information content (AvgIpc) is 2.59. The topological polar surface area (TPSA) is 92.4 Å². The van der Waals surface area contributed by atoms with Gasteiger partial charge in [-0.25, -0.2) is 4.79 Å². The van der Waals surface area contributed by atoms with Crippen LogP contribution in [0.5, 0.6) is 0 Å². The van der Waals surface area contributed by atoms with Gasteiger partial charge in [0.1, 0.15) is 10.9 Å². The summed E-state index contributed by atoms with van der Waals surface area (Å²) in [6.07, 6.45) is 0. The largest absolute Gasteiger partial charge is 0.480 e. The molecule has 6 heteroatoms. The number of nitrogens with one attached hydrogen (secondary N) is 1. The highest BCUT2D eigenvalue weighted by Gasteiger charge is 2.24. The molecule has 0 spiro atoms. The number of anilines is 1. The van der Waals surface area contributed by atoms with Gasteiger partial charge in [-0.05, 0) is 17.4 Å².